The number of nitrogens with one attached hydrogen (secondary N) is 1. The summed E-state index contributed by atoms with van der Waals surface area (Å²) in [7, 11) is 0. The van der Waals surface area contributed by atoms with Crippen molar-refractivity contribution in [2.24, 2.45) is 0 Å². The minimum atomic E-state index is 0.780. The third-order valence-corrected chi connectivity index (χ3v) is 3.64. The molecule has 0 aliphatic heterocycles. The van der Waals surface area contributed by atoms with Gasteiger partial charge in [0.1, 0.15) is 0 Å². The Morgan fingerprint density at radius 3 is 2.71 bits per heavy atom. The fraction of sp³-hybridized carbons (Fsp3) is 0.714. The highest BCUT2D eigenvalue weighted by atomic mass is 32.1. The highest BCUT2D eigenvalue weighted by Crippen LogP contribution is 2.17. The van der Waals surface area contributed by atoms with Crippen molar-refractivity contribution < 1.29 is 4.74 Å². The van der Waals surface area contributed by atoms with Gasteiger partial charge in [-0.3, -0.25) is 0 Å². The molecule has 1 N–H and O–H groups in total. The van der Waals surface area contributed by atoms with Crippen LogP contribution in [0.2, 0.25) is 0 Å². The molecule has 0 aliphatic rings. The first-order chi connectivity index (χ1) is 8.36. The van der Waals surface area contributed by atoms with E-state index in [1.54, 1.807) is 0 Å². The van der Waals surface area contributed by atoms with Gasteiger partial charge in [0.15, 0.2) is 0 Å². The lowest BCUT2D eigenvalue weighted by Crippen LogP contribution is -2.12. The van der Waals surface area contributed by atoms with Crippen LogP contribution in [0.1, 0.15) is 49.3 Å². The molecule has 0 spiro atoms. The minimum Gasteiger partial charge on any atom is -0.376 e. The van der Waals surface area contributed by atoms with Crippen LogP contribution < -0.4 is 5.32 Å². The molecule has 17 heavy (non-hydrogen) atoms. The molecule has 0 saturated heterocycles. The van der Waals surface area contributed by atoms with Gasteiger partial charge in [-0.15, -0.1) is 11.3 Å². The topological polar surface area (TPSA) is 21.3 Å². The first-order valence-corrected chi connectivity index (χ1v) is 7.54. The number of ether oxygens (including phenoxy) is 1. The van der Waals surface area contributed by atoms with Crippen molar-refractivity contribution in [3.8, 4) is 0 Å². The molecule has 0 aromatic carbocycles. The van der Waals surface area contributed by atoms with Crippen LogP contribution in [0.5, 0.6) is 0 Å². The quantitative estimate of drug-likeness (QED) is 0.639. The van der Waals surface area contributed by atoms with Crippen molar-refractivity contribution in [2.75, 3.05) is 13.2 Å². The summed E-state index contributed by atoms with van der Waals surface area (Å²) in [5, 5.41) is 3.42. The van der Waals surface area contributed by atoms with Crippen molar-refractivity contribution in [3.05, 3.63) is 21.9 Å². The highest BCUT2D eigenvalue weighted by molar-refractivity contribution is 7.11. The van der Waals surface area contributed by atoms with Gasteiger partial charge < -0.3 is 10.1 Å². The lowest BCUT2D eigenvalue weighted by molar-refractivity contribution is 0.119. The van der Waals surface area contributed by atoms with Crippen LogP contribution in [0.4, 0.5) is 0 Å². The number of rotatable bonds is 10. The smallest absolute Gasteiger partial charge is 0.0809 e. The Kier molecular flexibility index (Phi) is 8.32. The van der Waals surface area contributed by atoms with E-state index in [-0.39, 0.29) is 0 Å². The van der Waals surface area contributed by atoms with E-state index in [1.165, 1.54) is 35.4 Å². The van der Waals surface area contributed by atoms with Crippen LogP contribution in [-0.2, 0) is 17.9 Å². The van der Waals surface area contributed by atoms with E-state index in [2.05, 4.69) is 31.3 Å². The Balaban J connectivity index is 2.12. The summed E-state index contributed by atoms with van der Waals surface area (Å²) in [6.45, 7) is 8.18. The lowest BCUT2D eigenvalue weighted by atomic mass is 10.3. The van der Waals surface area contributed by atoms with Crippen molar-refractivity contribution >= 4 is 11.3 Å². The van der Waals surface area contributed by atoms with Gasteiger partial charge in [-0.2, -0.15) is 0 Å². The highest BCUT2D eigenvalue weighted by Gasteiger charge is 2.00. The molecule has 0 saturated carbocycles. The number of hydrogen-bond donors (Lipinski definition) is 1. The fourth-order valence-electron chi connectivity index (χ4n) is 1.61. The normalized spacial score (nSPS) is 10.9. The zero-order chi connectivity index (χ0) is 12.3. The summed E-state index contributed by atoms with van der Waals surface area (Å²) in [5.41, 5.74) is 0. The zero-order valence-corrected chi connectivity index (χ0v) is 11.9. The van der Waals surface area contributed by atoms with Gasteiger partial charge in [0, 0.05) is 22.9 Å². The van der Waals surface area contributed by atoms with Gasteiger partial charge in [-0.25, -0.2) is 0 Å². The Labute approximate surface area is 109 Å². The van der Waals surface area contributed by atoms with Crippen molar-refractivity contribution in [1.82, 2.24) is 5.32 Å². The van der Waals surface area contributed by atoms with Crippen molar-refractivity contribution in [2.45, 2.75) is 52.7 Å². The molecule has 0 aliphatic carbocycles. The van der Waals surface area contributed by atoms with E-state index in [0.717, 1.165) is 26.3 Å². The monoisotopic (exact) mass is 255 g/mol. The third-order valence-electron chi connectivity index (χ3n) is 2.58. The van der Waals surface area contributed by atoms with E-state index < -0.39 is 0 Å². The summed E-state index contributed by atoms with van der Waals surface area (Å²) in [6.07, 6.45) is 4.91. The molecule has 0 radical (unpaired) electrons. The Morgan fingerprint density at radius 2 is 1.94 bits per heavy atom. The van der Waals surface area contributed by atoms with Crippen molar-refractivity contribution in [1.29, 1.82) is 0 Å². The second-order valence-corrected chi connectivity index (χ2v) is 5.56. The second-order valence-electron chi connectivity index (χ2n) is 4.30. The Morgan fingerprint density at radius 1 is 1.12 bits per heavy atom. The van der Waals surface area contributed by atoms with Crippen LogP contribution in [0, 0.1) is 0 Å². The maximum Gasteiger partial charge on any atom is 0.0809 e. The van der Waals surface area contributed by atoms with Crippen LogP contribution >= 0.6 is 11.3 Å². The average molecular weight is 255 g/mol. The first kappa shape index (κ1) is 14.7. The van der Waals surface area contributed by atoms with E-state index in [9.17, 15) is 0 Å². The molecule has 3 heteroatoms. The summed E-state index contributed by atoms with van der Waals surface area (Å²) in [4.78, 5) is 2.75. The fourth-order valence-corrected chi connectivity index (χ4v) is 2.54. The third kappa shape index (κ3) is 6.81. The molecule has 0 bridgehead atoms. The van der Waals surface area contributed by atoms with Crippen LogP contribution in [0.3, 0.4) is 0 Å². The summed E-state index contributed by atoms with van der Waals surface area (Å²) >= 11 is 1.86. The van der Waals surface area contributed by atoms with Gasteiger partial charge in [-0.1, -0.05) is 26.7 Å². The van der Waals surface area contributed by atoms with Gasteiger partial charge >= 0.3 is 0 Å². The number of unbranched alkanes of at least 4 members (excludes halogenated alkanes) is 2. The average Bonchev–Trinajstić information content (AvgIpc) is 2.77. The summed E-state index contributed by atoms with van der Waals surface area (Å²) in [5.74, 6) is 0. The number of thiophene rings is 1. The standard InChI is InChI=1S/C14H25NOS/c1-3-5-6-10-16-12-14-8-7-13(17-14)11-15-9-4-2/h7-8,15H,3-6,9-12H2,1-2H3. The summed E-state index contributed by atoms with van der Waals surface area (Å²) in [6, 6.07) is 4.39. The molecular formula is C14H25NOS. The largest absolute Gasteiger partial charge is 0.376 e. The minimum absolute atomic E-state index is 0.780. The maximum absolute atomic E-state index is 5.65. The van der Waals surface area contributed by atoms with Gasteiger partial charge in [0.05, 0.1) is 6.61 Å². The van der Waals surface area contributed by atoms with Gasteiger partial charge in [-0.05, 0) is 31.5 Å². The van der Waals surface area contributed by atoms with Crippen LogP contribution in [0.15, 0.2) is 12.1 Å². The number of hydrogen-bond acceptors (Lipinski definition) is 3. The van der Waals surface area contributed by atoms with E-state index in [0.29, 0.717) is 0 Å². The molecule has 1 rings (SSSR count). The molecule has 0 fully saturated rings. The molecule has 0 unspecified atom stereocenters. The predicted octanol–water partition coefficient (Wildman–Crippen LogP) is 3.95. The first-order valence-electron chi connectivity index (χ1n) is 6.72. The Bertz CT molecular complexity index is 286. The molecule has 1 aromatic rings. The molecular weight excluding hydrogens is 230 g/mol. The van der Waals surface area contributed by atoms with E-state index >= 15 is 0 Å². The van der Waals surface area contributed by atoms with Crippen molar-refractivity contribution in [3.63, 3.8) is 0 Å². The SMILES string of the molecule is CCCCCOCc1ccc(CNCCC)s1. The zero-order valence-electron chi connectivity index (χ0n) is 11.1. The lowest BCUT2D eigenvalue weighted by Gasteiger charge is -2.01. The van der Waals surface area contributed by atoms with Crippen LogP contribution in [0.25, 0.3) is 0 Å². The molecule has 2 nitrogen and oxygen atoms in total. The molecule has 98 valence electrons. The van der Waals surface area contributed by atoms with Gasteiger partial charge in [0.2, 0.25) is 0 Å². The summed E-state index contributed by atoms with van der Waals surface area (Å²) < 4.78 is 5.65. The van der Waals surface area contributed by atoms with E-state index in [1.807, 2.05) is 11.3 Å². The maximum atomic E-state index is 5.65. The Hall–Kier alpha value is -0.380. The predicted molar refractivity (Wildman–Crippen MR) is 75.5 cm³/mol. The second kappa shape index (κ2) is 9.63. The molecule has 0 atom stereocenters. The van der Waals surface area contributed by atoms with Crippen LogP contribution in [-0.4, -0.2) is 13.2 Å². The molecule has 1 aromatic heterocycles. The van der Waals surface area contributed by atoms with E-state index in [4.69, 9.17) is 4.74 Å². The molecule has 0 amide bonds. The van der Waals surface area contributed by atoms with Gasteiger partial charge in [0.25, 0.3) is 0 Å². The molecule has 1 heterocycles.